The quantitative estimate of drug-likeness (QED) is 0.880. The Morgan fingerprint density at radius 3 is 2.33 bits per heavy atom. The fourth-order valence-corrected chi connectivity index (χ4v) is 3.32. The topological polar surface area (TPSA) is 49.6 Å². The molecule has 1 aliphatic heterocycles. The third-order valence-electron chi connectivity index (χ3n) is 4.81. The molecular formula is C20H25N3O. The Kier molecular flexibility index (Phi) is 5.16. The molecule has 126 valence electrons. The van der Waals surface area contributed by atoms with E-state index in [9.17, 15) is 4.79 Å². The van der Waals surface area contributed by atoms with Crippen molar-refractivity contribution in [1.29, 1.82) is 0 Å². The highest BCUT2D eigenvalue weighted by Gasteiger charge is 2.25. The van der Waals surface area contributed by atoms with Crippen molar-refractivity contribution < 1.29 is 4.79 Å². The second kappa shape index (κ2) is 7.49. The Hall–Kier alpha value is -2.33. The minimum Gasteiger partial charge on any atom is -0.399 e. The van der Waals surface area contributed by atoms with Gasteiger partial charge >= 0.3 is 0 Å². The van der Waals surface area contributed by atoms with Gasteiger partial charge in [-0.1, -0.05) is 30.3 Å². The molecule has 1 heterocycles. The van der Waals surface area contributed by atoms with Crippen molar-refractivity contribution in [3.05, 3.63) is 65.7 Å². The lowest BCUT2D eigenvalue weighted by atomic mass is 10.0. The highest BCUT2D eigenvalue weighted by atomic mass is 16.2. The van der Waals surface area contributed by atoms with Crippen molar-refractivity contribution >= 4 is 11.6 Å². The van der Waals surface area contributed by atoms with Crippen LogP contribution < -0.4 is 5.73 Å². The van der Waals surface area contributed by atoms with Gasteiger partial charge in [0.1, 0.15) is 0 Å². The van der Waals surface area contributed by atoms with E-state index in [0.717, 1.165) is 38.0 Å². The minimum atomic E-state index is 0.110. The van der Waals surface area contributed by atoms with Crippen LogP contribution in [-0.2, 0) is 6.54 Å². The van der Waals surface area contributed by atoms with Crippen LogP contribution in [0.15, 0.2) is 54.6 Å². The first-order valence-electron chi connectivity index (χ1n) is 8.52. The van der Waals surface area contributed by atoms with Gasteiger partial charge in [0.15, 0.2) is 0 Å². The number of nitrogen functional groups attached to an aromatic ring is 1. The summed E-state index contributed by atoms with van der Waals surface area (Å²) >= 11 is 0. The van der Waals surface area contributed by atoms with E-state index < -0.39 is 0 Å². The van der Waals surface area contributed by atoms with Crippen LogP contribution >= 0.6 is 0 Å². The average molecular weight is 323 g/mol. The number of nitrogens with two attached hydrogens (primary N) is 1. The molecule has 0 radical (unpaired) electrons. The van der Waals surface area contributed by atoms with E-state index in [2.05, 4.69) is 36.2 Å². The van der Waals surface area contributed by atoms with Gasteiger partial charge in [0.2, 0.25) is 0 Å². The lowest BCUT2D eigenvalue weighted by Crippen LogP contribution is -2.45. The van der Waals surface area contributed by atoms with Crippen LogP contribution in [0.25, 0.3) is 0 Å². The zero-order chi connectivity index (χ0) is 16.9. The summed E-state index contributed by atoms with van der Waals surface area (Å²) in [6, 6.07) is 18.3. The zero-order valence-corrected chi connectivity index (χ0v) is 14.2. The normalized spacial score (nSPS) is 15.7. The molecule has 1 saturated heterocycles. The van der Waals surface area contributed by atoms with Crippen molar-refractivity contribution in [3.8, 4) is 0 Å². The fourth-order valence-electron chi connectivity index (χ4n) is 3.32. The number of hydrogen-bond donors (Lipinski definition) is 1. The predicted octanol–water partition coefficient (Wildman–Crippen LogP) is 3.01. The number of carbonyl (C=O) groups is 1. The van der Waals surface area contributed by atoms with E-state index in [4.69, 9.17) is 5.73 Å². The summed E-state index contributed by atoms with van der Waals surface area (Å²) in [4.78, 5) is 16.9. The summed E-state index contributed by atoms with van der Waals surface area (Å²) in [5.41, 5.74) is 8.43. The monoisotopic (exact) mass is 323 g/mol. The molecule has 24 heavy (non-hydrogen) atoms. The maximum Gasteiger partial charge on any atom is 0.253 e. The van der Waals surface area contributed by atoms with Crippen LogP contribution in [0.3, 0.4) is 0 Å². The van der Waals surface area contributed by atoms with Crippen LogP contribution in [0, 0.1) is 0 Å². The van der Waals surface area contributed by atoms with E-state index in [-0.39, 0.29) is 5.91 Å². The minimum absolute atomic E-state index is 0.110. The lowest BCUT2D eigenvalue weighted by Gasteiger charge is -2.37. The first kappa shape index (κ1) is 16.5. The molecule has 3 rings (SSSR count). The van der Waals surface area contributed by atoms with Crippen LogP contribution in [0.4, 0.5) is 5.69 Å². The standard InChI is InChI=1S/C20H25N3O/c1-22(15-16-5-3-2-4-6-16)19-11-13-23(14-12-19)20(24)17-7-9-18(21)10-8-17/h2-10,19H,11-15,21H2,1H3. The van der Waals surface area contributed by atoms with Gasteiger partial charge in [-0.05, 0) is 49.7 Å². The molecule has 2 N–H and O–H groups in total. The lowest BCUT2D eigenvalue weighted by molar-refractivity contribution is 0.0639. The molecule has 0 spiro atoms. The Morgan fingerprint density at radius 2 is 1.71 bits per heavy atom. The molecule has 1 fully saturated rings. The van der Waals surface area contributed by atoms with Gasteiger partial charge in [-0.15, -0.1) is 0 Å². The molecule has 1 aliphatic rings. The smallest absolute Gasteiger partial charge is 0.253 e. The second-order valence-corrected chi connectivity index (χ2v) is 6.55. The molecule has 4 nitrogen and oxygen atoms in total. The molecule has 1 amide bonds. The number of carbonyl (C=O) groups excluding carboxylic acids is 1. The molecule has 0 aliphatic carbocycles. The number of likely N-dealkylation sites (tertiary alicyclic amines) is 1. The van der Waals surface area contributed by atoms with E-state index in [1.807, 2.05) is 23.1 Å². The van der Waals surface area contributed by atoms with E-state index in [1.165, 1.54) is 5.56 Å². The van der Waals surface area contributed by atoms with Crippen LogP contribution in [-0.4, -0.2) is 41.9 Å². The fraction of sp³-hybridized carbons (Fsp3) is 0.350. The SMILES string of the molecule is CN(Cc1ccccc1)C1CCN(C(=O)c2ccc(N)cc2)CC1. The number of piperidine rings is 1. The second-order valence-electron chi connectivity index (χ2n) is 6.55. The molecule has 2 aromatic carbocycles. The number of anilines is 1. The van der Waals surface area contributed by atoms with E-state index in [0.29, 0.717) is 11.7 Å². The number of amides is 1. The third-order valence-corrected chi connectivity index (χ3v) is 4.81. The van der Waals surface area contributed by atoms with Gasteiger partial charge < -0.3 is 10.6 Å². The van der Waals surface area contributed by atoms with Crippen LogP contribution in [0.2, 0.25) is 0 Å². The maximum atomic E-state index is 12.6. The van der Waals surface area contributed by atoms with Crippen molar-refractivity contribution in [1.82, 2.24) is 9.80 Å². The van der Waals surface area contributed by atoms with E-state index >= 15 is 0 Å². The largest absolute Gasteiger partial charge is 0.399 e. The third kappa shape index (κ3) is 3.95. The summed E-state index contributed by atoms with van der Waals surface area (Å²) < 4.78 is 0. The van der Waals surface area contributed by atoms with Crippen molar-refractivity contribution in [3.63, 3.8) is 0 Å². The molecule has 0 saturated carbocycles. The number of rotatable bonds is 4. The molecule has 0 unspecified atom stereocenters. The highest BCUT2D eigenvalue weighted by Crippen LogP contribution is 2.19. The van der Waals surface area contributed by atoms with E-state index in [1.54, 1.807) is 12.1 Å². The summed E-state index contributed by atoms with van der Waals surface area (Å²) in [7, 11) is 2.18. The predicted molar refractivity (Wildman–Crippen MR) is 97.7 cm³/mol. The first-order valence-corrected chi connectivity index (χ1v) is 8.52. The van der Waals surface area contributed by atoms with Crippen molar-refractivity contribution in [2.24, 2.45) is 0 Å². The van der Waals surface area contributed by atoms with Gasteiger partial charge in [-0.3, -0.25) is 9.69 Å². The maximum absolute atomic E-state index is 12.6. The Morgan fingerprint density at radius 1 is 1.08 bits per heavy atom. The zero-order valence-electron chi connectivity index (χ0n) is 14.2. The van der Waals surface area contributed by atoms with Crippen molar-refractivity contribution in [2.75, 3.05) is 25.9 Å². The molecular weight excluding hydrogens is 298 g/mol. The van der Waals surface area contributed by atoms with Gasteiger partial charge in [-0.2, -0.15) is 0 Å². The summed E-state index contributed by atoms with van der Waals surface area (Å²) in [6.45, 7) is 2.58. The summed E-state index contributed by atoms with van der Waals surface area (Å²) in [6.07, 6.45) is 2.04. The van der Waals surface area contributed by atoms with Gasteiger partial charge in [0, 0.05) is 36.9 Å². The highest BCUT2D eigenvalue weighted by molar-refractivity contribution is 5.94. The van der Waals surface area contributed by atoms with Crippen LogP contribution in [0.1, 0.15) is 28.8 Å². The number of benzene rings is 2. The average Bonchev–Trinajstić information content (AvgIpc) is 2.63. The molecule has 0 atom stereocenters. The van der Waals surface area contributed by atoms with Crippen molar-refractivity contribution in [2.45, 2.75) is 25.4 Å². The van der Waals surface area contributed by atoms with Gasteiger partial charge in [0.05, 0.1) is 0 Å². The summed E-state index contributed by atoms with van der Waals surface area (Å²) in [5, 5.41) is 0. The Balaban J connectivity index is 1.53. The Bertz CT molecular complexity index is 661. The molecule has 0 aromatic heterocycles. The number of nitrogens with zero attached hydrogens (tertiary/aromatic N) is 2. The molecule has 2 aromatic rings. The van der Waals surface area contributed by atoms with Crippen LogP contribution in [0.5, 0.6) is 0 Å². The molecule has 4 heteroatoms. The summed E-state index contributed by atoms with van der Waals surface area (Å²) in [5.74, 6) is 0.110. The van der Waals surface area contributed by atoms with Gasteiger partial charge in [-0.25, -0.2) is 0 Å². The number of hydrogen-bond acceptors (Lipinski definition) is 3. The van der Waals surface area contributed by atoms with Gasteiger partial charge in [0.25, 0.3) is 5.91 Å². The first-order chi connectivity index (χ1) is 11.6. The molecule has 0 bridgehead atoms. The Labute approximate surface area is 143 Å².